The van der Waals surface area contributed by atoms with Gasteiger partial charge in [0.1, 0.15) is 12.9 Å². The lowest BCUT2D eigenvalue weighted by atomic mass is 9.91. The molecule has 0 aliphatic carbocycles. The van der Waals surface area contributed by atoms with Crippen molar-refractivity contribution in [2.45, 2.75) is 5.54 Å². The van der Waals surface area contributed by atoms with Crippen molar-refractivity contribution in [3.63, 3.8) is 0 Å². The first kappa shape index (κ1) is 25.0. The fourth-order valence-electron chi connectivity index (χ4n) is 4.18. The molecule has 0 radical (unpaired) electrons. The number of rotatable bonds is 9. The minimum absolute atomic E-state index is 0.284. The van der Waals surface area contributed by atoms with Gasteiger partial charge in [-0.05, 0) is 29.8 Å². The number of hydrogen-bond donors (Lipinski definition) is 2. The Bertz CT molecular complexity index is 1330. The van der Waals surface area contributed by atoms with Crippen LogP contribution in [0.15, 0.2) is 115 Å². The highest BCUT2D eigenvalue weighted by Crippen LogP contribution is 2.49. The average Bonchev–Trinajstić information content (AvgIpc) is 2.94. The Kier molecular flexibility index (Phi) is 7.37. The van der Waals surface area contributed by atoms with Crippen LogP contribution in [0.1, 0.15) is 15.9 Å². The molecule has 1 unspecified atom stereocenters. The average molecular weight is 500 g/mol. The van der Waals surface area contributed by atoms with E-state index in [0.717, 1.165) is 0 Å². The van der Waals surface area contributed by atoms with Gasteiger partial charge in [0, 0.05) is 22.3 Å². The molecule has 36 heavy (non-hydrogen) atoms. The largest absolute Gasteiger partial charge is 0.497 e. The second-order valence-electron chi connectivity index (χ2n) is 8.33. The van der Waals surface area contributed by atoms with E-state index in [9.17, 15) is 19.3 Å². The van der Waals surface area contributed by atoms with Gasteiger partial charge in [-0.1, -0.05) is 91.0 Å². The molecule has 0 saturated heterocycles. The summed E-state index contributed by atoms with van der Waals surface area (Å²) < 4.78 is 20.2. The Hall–Kier alpha value is -4.15. The summed E-state index contributed by atoms with van der Waals surface area (Å²) in [5.74, 6) is -1.37. The third kappa shape index (κ3) is 4.95. The van der Waals surface area contributed by atoms with Crippen molar-refractivity contribution in [1.29, 1.82) is 0 Å². The van der Waals surface area contributed by atoms with Crippen LogP contribution in [0.4, 0.5) is 0 Å². The van der Waals surface area contributed by atoms with Crippen molar-refractivity contribution >= 4 is 29.6 Å². The zero-order valence-corrected chi connectivity index (χ0v) is 20.6. The van der Waals surface area contributed by atoms with Crippen LogP contribution in [0.25, 0.3) is 0 Å². The number of nitrogens with one attached hydrogen (secondary N) is 1. The van der Waals surface area contributed by atoms with Crippen LogP contribution in [0, 0.1) is 0 Å². The number of carbonyl (C=O) groups is 2. The van der Waals surface area contributed by atoms with Gasteiger partial charge in [-0.2, -0.15) is 0 Å². The van der Waals surface area contributed by atoms with Crippen LogP contribution in [0.5, 0.6) is 5.75 Å². The maximum atomic E-state index is 14.9. The van der Waals surface area contributed by atoms with Crippen molar-refractivity contribution in [3.8, 4) is 5.75 Å². The Morgan fingerprint density at radius 3 is 1.69 bits per heavy atom. The van der Waals surface area contributed by atoms with E-state index in [1.807, 2.05) is 12.1 Å². The molecular weight excluding hydrogens is 473 g/mol. The molecular formula is C29H26NO5P. The first-order valence-electron chi connectivity index (χ1n) is 11.3. The summed E-state index contributed by atoms with van der Waals surface area (Å²) >= 11 is 0. The van der Waals surface area contributed by atoms with E-state index in [-0.39, 0.29) is 11.7 Å². The SMILES string of the molecule is COc1ccc(C(CP(=O)(c2ccccc2)c2ccccc2)(NC(=O)c2ccccc2)C(=O)O)cc1. The normalized spacial score (nSPS) is 12.8. The van der Waals surface area contributed by atoms with E-state index in [0.29, 0.717) is 21.9 Å². The molecule has 182 valence electrons. The number of hydrogen-bond acceptors (Lipinski definition) is 4. The summed E-state index contributed by atoms with van der Waals surface area (Å²) in [7, 11) is -2.05. The minimum atomic E-state index is -3.56. The van der Waals surface area contributed by atoms with E-state index in [1.54, 1.807) is 103 Å². The van der Waals surface area contributed by atoms with Gasteiger partial charge in [-0.15, -0.1) is 0 Å². The molecule has 0 aliphatic heterocycles. The van der Waals surface area contributed by atoms with Gasteiger partial charge < -0.3 is 19.7 Å². The molecule has 0 fully saturated rings. The molecule has 0 aliphatic rings. The van der Waals surface area contributed by atoms with Crippen LogP contribution in [-0.4, -0.2) is 30.3 Å². The van der Waals surface area contributed by atoms with Gasteiger partial charge in [0.15, 0.2) is 5.54 Å². The predicted octanol–water partition coefficient (Wildman–Crippen LogP) is 4.42. The van der Waals surface area contributed by atoms with Crippen LogP contribution >= 0.6 is 7.14 Å². The zero-order chi connectivity index (χ0) is 25.6. The zero-order valence-electron chi connectivity index (χ0n) is 19.7. The van der Waals surface area contributed by atoms with Crippen LogP contribution in [-0.2, 0) is 14.9 Å². The standard InChI is InChI=1S/C29H26NO5P/c1-35-24-19-17-23(18-20-24)29(28(32)33,30-27(31)22-11-5-2-6-12-22)21-36(34,25-13-7-3-8-14-25)26-15-9-4-10-16-26/h2-20H,21H2,1H3,(H,30,31)(H,32,33). The van der Waals surface area contributed by atoms with Crippen LogP contribution in [0.2, 0.25) is 0 Å². The van der Waals surface area contributed by atoms with Gasteiger partial charge in [0.2, 0.25) is 0 Å². The summed E-state index contributed by atoms with van der Waals surface area (Å²) in [6, 6.07) is 32.4. The summed E-state index contributed by atoms with van der Waals surface area (Å²) in [6.07, 6.45) is -0.367. The number of amides is 1. The smallest absolute Gasteiger partial charge is 0.334 e. The highest BCUT2D eigenvalue weighted by molar-refractivity contribution is 7.78. The lowest BCUT2D eigenvalue weighted by Gasteiger charge is -2.35. The van der Waals surface area contributed by atoms with Gasteiger partial charge in [0.25, 0.3) is 5.91 Å². The van der Waals surface area contributed by atoms with E-state index in [4.69, 9.17) is 4.74 Å². The number of benzene rings is 4. The second-order valence-corrected chi connectivity index (χ2v) is 11.2. The molecule has 0 heterocycles. The Labute approximate surface area is 209 Å². The monoisotopic (exact) mass is 499 g/mol. The van der Waals surface area contributed by atoms with E-state index >= 15 is 0 Å². The molecule has 4 aromatic carbocycles. The van der Waals surface area contributed by atoms with Crippen molar-refractivity contribution in [1.82, 2.24) is 5.32 Å². The van der Waals surface area contributed by atoms with E-state index in [1.165, 1.54) is 7.11 Å². The molecule has 2 N–H and O–H groups in total. The molecule has 4 aromatic rings. The molecule has 0 saturated carbocycles. The third-order valence-electron chi connectivity index (χ3n) is 6.12. The molecule has 7 heteroatoms. The highest BCUT2D eigenvalue weighted by Gasteiger charge is 2.48. The molecule has 1 amide bonds. The maximum Gasteiger partial charge on any atom is 0.334 e. The number of ether oxygens (including phenoxy) is 1. The number of methoxy groups -OCH3 is 1. The molecule has 0 spiro atoms. The first-order chi connectivity index (χ1) is 17.4. The number of carboxylic acids is 1. The lowest BCUT2D eigenvalue weighted by molar-refractivity contribution is -0.144. The van der Waals surface area contributed by atoms with Gasteiger partial charge in [-0.3, -0.25) is 4.79 Å². The first-order valence-corrected chi connectivity index (χ1v) is 13.2. The Morgan fingerprint density at radius 1 is 0.778 bits per heavy atom. The van der Waals surface area contributed by atoms with Crippen molar-refractivity contribution in [3.05, 3.63) is 126 Å². The minimum Gasteiger partial charge on any atom is -0.497 e. The van der Waals surface area contributed by atoms with Gasteiger partial charge in [-0.25, -0.2) is 4.79 Å². The summed E-state index contributed by atoms with van der Waals surface area (Å²) in [5, 5.41) is 14.4. The second kappa shape index (κ2) is 10.6. The summed E-state index contributed by atoms with van der Waals surface area (Å²) in [6.45, 7) is 0. The predicted molar refractivity (Wildman–Crippen MR) is 141 cm³/mol. The lowest BCUT2D eigenvalue weighted by Crippen LogP contribution is -2.55. The number of aliphatic carboxylic acids is 1. The van der Waals surface area contributed by atoms with Gasteiger partial charge in [0.05, 0.1) is 7.11 Å². The van der Waals surface area contributed by atoms with E-state index < -0.39 is 24.6 Å². The van der Waals surface area contributed by atoms with Crippen molar-refractivity contribution in [2.24, 2.45) is 0 Å². The molecule has 4 rings (SSSR count). The summed E-state index contributed by atoms with van der Waals surface area (Å²) in [4.78, 5) is 26.4. The van der Waals surface area contributed by atoms with Crippen molar-refractivity contribution < 1.29 is 24.0 Å². The van der Waals surface area contributed by atoms with E-state index in [2.05, 4.69) is 5.32 Å². The quantitative estimate of drug-likeness (QED) is 0.333. The van der Waals surface area contributed by atoms with Crippen LogP contribution in [0.3, 0.4) is 0 Å². The Balaban J connectivity index is 1.92. The molecule has 1 atom stereocenters. The van der Waals surface area contributed by atoms with Crippen molar-refractivity contribution in [2.75, 3.05) is 13.3 Å². The van der Waals surface area contributed by atoms with Crippen LogP contribution < -0.4 is 20.7 Å². The van der Waals surface area contributed by atoms with Gasteiger partial charge >= 0.3 is 5.97 Å². The third-order valence-corrected chi connectivity index (χ3v) is 9.30. The molecule has 0 bridgehead atoms. The topological polar surface area (TPSA) is 92.7 Å². The fraction of sp³-hybridized carbons (Fsp3) is 0.103. The molecule has 0 aromatic heterocycles. The molecule has 6 nitrogen and oxygen atoms in total. The maximum absolute atomic E-state index is 14.9. The Morgan fingerprint density at radius 2 is 1.25 bits per heavy atom. The fourth-order valence-corrected chi connectivity index (χ4v) is 7.22. The number of carboxylic acid groups (broad SMARTS) is 1. The summed E-state index contributed by atoms with van der Waals surface area (Å²) in [5.41, 5.74) is -1.42. The highest BCUT2D eigenvalue weighted by atomic mass is 31.2. The number of carbonyl (C=O) groups excluding carboxylic acids is 1.